The van der Waals surface area contributed by atoms with Gasteiger partial charge in [0.1, 0.15) is 6.23 Å². The van der Waals surface area contributed by atoms with Crippen LogP contribution in [0.3, 0.4) is 0 Å². The van der Waals surface area contributed by atoms with Crippen LogP contribution in [0.15, 0.2) is 18.2 Å². The molecular formula is C17H20N2O. The summed E-state index contributed by atoms with van der Waals surface area (Å²) in [6, 6.07) is 6.01. The zero-order valence-corrected chi connectivity index (χ0v) is 11.6. The number of nitrogens with one attached hydrogen (secondary N) is 2. The molecule has 1 saturated heterocycles. The first-order chi connectivity index (χ1) is 9.85. The topological polar surface area (TPSA) is 45.1 Å². The van der Waals surface area contributed by atoms with Crippen molar-refractivity contribution in [2.45, 2.75) is 38.3 Å². The van der Waals surface area contributed by atoms with Gasteiger partial charge in [-0.2, -0.15) is 0 Å². The van der Waals surface area contributed by atoms with Crippen molar-refractivity contribution in [1.82, 2.24) is 0 Å². The van der Waals surface area contributed by atoms with Crippen molar-refractivity contribution >= 4 is 11.9 Å². The van der Waals surface area contributed by atoms with E-state index in [2.05, 4.69) is 17.2 Å². The molecule has 1 aromatic rings. The van der Waals surface area contributed by atoms with E-state index in [1.165, 1.54) is 25.5 Å². The van der Waals surface area contributed by atoms with Crippen LogP contribution in [-0.2, 0) is 4.74 Å². The molecule has 3 rings (SSSR count). The molecule has 0 spiro atoms. The normalized spacial score (nSPS) is 21.7. The molecule has 104 valence electrons. The zero-order chi connectivity index (χ0) is 13.8. The summed E-state index contributed by atoms with van der Waals surface area (Å²) in [5.41, 5.74) is 2.83. The quantitative estimate of drug-likeness (QED) is 0.652. The third kappa shape index (κ3) is 3.40. The Hall–Kier alpha value is -1.79. The van der Waals surface area contributed by atoms with Gasteiger partial charge < -0.3 is 15.5 Å². The Morgan fingerprint density at radius 3 is 2.85 bits per heavy atom. The fraction of sp³-hybridized carbons (Fsp3) is 0.471. The second kappa shape index (κ2) is 6.11. The molecule has 2 fully saturated rings. The largest absolute Gasteiger partial charge is 0.360 e. The third-order valence-corrected chi connectivity index (χ3v) is 3.70. The van der Waals surface area contributed by atoms with Crippen molar-refractivity contribution < 1.29 is 4.74 Å². The number of rotatable bonds is 3. The SMILES string of the molecule is N=Cc1cc(C#CC2CC2)ccc1NC1CCCCO1. The Morgan fingerprint density at radius 2 is 2.15 bits per heavy atom. The molecule has 1 saturated carbocycles. The number of anilines is 1. The van der Waals surface area contributed by atoms with Gasteiger partial charge in [-0.3, -0.25) is 0 Å². The monoisotopic (exact) mass is 268 g/mol. The average molecular weight is 268 g/mol. The first-order valence-electron chi connectivity index (χ1n) is 7.39. The number of benzene rings is 1. The maximum absolute atomic E-state index is 7.57. The van der Waals surface area contributed by atoms with Crippen molar-refractivity contribution in [2.24, 2.45) is 5.92 Å². The lowest BCUT2D eigenvalue weighted by atomic mass is 10.1. The summed E-state index contributed by atoms with van der Waals surface area (Å²) in [5.74, 6) is 7.06. The zero-order valence-electron chi connectivity index (χ0n) is 11.6. The minimum absolute atomic E-state index is 0.0749. The van der Waals surface area contributed by atoms with E-state index >= 15 is 0 Å². The van der Waals surface area contributed by atoms with E-state index in [0.29, 0.717) is 5.92 Å². The fourth-order valence-corrected chi connectivity index (χ4v) is 2.33. The van der Waals surface area contributed by atoms with E-state index in [0.717, 1.165) is 36.3 Å². The van der Waals surface area contributed by atoms with Gasteiger partial charge in [-0.25, -0.2) is 0 Å². The molecule has 1 aromatic carbocycles. The van der Waals surface area contributed by atoms with Crippen molar-refractivity contribution in [1.29, 1.82) is 5.41 Å². The van der Waals surface area contributed by atoms with Gasteiger partial charge in [0, 0.05) is 35.6 Å². The number of hydrogen-bond acceptors (Lipinski definition) is 3. The highest BCUT2D eigenvalue weighted by Gasteiger charge is 2.18. The molecule has 3 heteroatoms. The molecule has 1 atom stereocenters. The van der Waals surface area contributed by atoms with Gasteiger partial charge in [0.25, 0.3) is 0 Å². The van der Waals surface area contributed by atoms with Crippen LogP contribution in [0.5, 0.6) is 0 Å². The Balaban J connectivity index is 1.73. The van der Waals surface area contributed by atoms with Gasteiger partial charge in [0.15, 0.2) is 0 Å². The van der Waals surface area contributed by atoms with Gasteiger partial charge in [0.2, 0.25) is 0 Å². The van der Waals surface area contributed by atoms with Gasteiger partial charge in [-0.1, -0.05) is 11.8 Å². The number of ether oxygens (including phenoxy) is 1. The molecule has 0 amide bonds. The molecule has 20 heavy (non-hydrogen) atoms. The van der Waals surface area contributed by atoms with E-state index in [4.69, 9.17) is 10.1 Å². The van der Waals surface area contributed by atoms with E-state index in [1.807, 2.05) is 18.2 Å². The first kappa shape index (κ1) is 13.2. The van der Waals surface area contributed by atoms with Crippen molar-refractivity contribution in [3.63, 3.8) is 0 Å². The highest BCUT2D eigenvalue weighted by molar-refractivity contribution is 5.86. The molecule has 1 heterocycles. The predicted octanol–water partition coefficient (Wildman–Crippen LogP) is 3.38. The van der Waals surface area contributed by atoms with Crippen LogP contribution in [0.1, 0.15) is 43.2 Å². The van der Waals surface area contributed by atoms with Gasteiger partial charge in [-0.05, 0) is 50.3 Å². The van der Waals surface area contributed by atoms with Crippen LogP contribution in [0.2, 0.25) is 0 Å². The predicted molar refractivity (Wildman–Crippen MR) is 81.1 cm³/mol. The summed E-state index contributed by atoms with van der Waals surface area (Å²) >= 11 is 0. The van der Waals surface area contributed by atoms with Crippen LogP contribution in [0, 0.1) is 23.2 Å². The number of hydrogen-bond donors (Lipinski definition) is 2. The molecule has 2 N–H and O–H groups in total. The first-order valence-corrected chi connectivity index (χ1v) is 7.39. The van der Waals surface area contributed by atoms with Crippen LogP contribution >= 0.6 is 0 Å². The van der Waals surface area contributed by atoms with Crippen molar-refractivity contribution in [2.75, 3.05) is 11.9 Å². The lowest BCUT2D eigenvalue weighted by Crippen LogP contribution is -2.27. The highest BCUT2D eigenvalue weighted by Crippen LogP contribution is 2.27. The maximum atomic E-state index is 7.57. The Kier molecular flexibility index (Phi) is 4.03. The summed E-state index contributed by atoms with van der Waals surface area (Å²) in [4.78, 5) is 0. The molecule has 1 unspecified atom stereocenters. The maximum Gasteiger partial charge on any atom is 0.127 e. The Bertz CT molecular complexity index is 546. The average Bonchev–Trinajstić information content (AvgIpc) is 3.31. The van der Waals surface area contributed by atoms with Crippen LogP contribution < -0.4 is 5.32 Å². The fourth-order valence-electron chi connectivity index (χ4n) is 2.33. The molecule has 1 aliphatic carbocycles. The lowest BCUT2D eigenvalue weighted by Gasteiger charge is -2.25. The summed E-state index contributed by atoms with van der Waals surface area (Å²) in [5, 5.41) is 11.0. The molecule has 1 aliphatic heterocycles. The Morgan fingerprint density at radius 1 is 1.25 bits per heavy atom. The molecular weight excluding hydrogens is 248 g/mol. The van der Waals surface area contributed by atoms with Crippen molar-refractivity contribution in [3.05, 3.63) is 29.3 Å². The van der Waals surface area contributed by atoms with Gasteiger partial charge in [-0.15, -0.1) is 0 Å². The molecule has 2 aliphatic rings. The summed E-state index contributed by atoms with van der Waals surface area (Å²) in [6.07, 6.45) is 7.31. The summed E-state index contributed by atoms with van der Waals surface area (Å²) in [6.45, 7) is 0.822. The van der Waals surface area contributed by atoms with E-state index in [1.54, 1.807) is 0 Å². The minimum atomic E-state index is 0.0749. The van der Waals surface area contributed by atoms with Crippen LogP contribution in [0.25, 0.3) is 0 Å². The summed E-state index contributed by atoms with van der Waals surface area (Å²) in [7, 11) is 0. The third-order valence-electron chi connectivity index (χ3n) is 3.70. The van der Waals surface area contributed by atoms with E-state index in [9.17, 15) is 0 Å². The second-order valence-electron chi connectivity index (χ2n) is 5.49. The smallest absolute Gasteiger partial charge is 0.127 e. The molecule has 3 nitrogen and oxygen atoms in total. The molecule has 0 bridgehead atoms. The summed E-state index contributed by atoms with van der Waals surface area (Å²) < 4.78 is 5.68. The second-order valence-corrected chi connectivity index (χ2v) is 5.49. The Labute approximate surface area is 120 Å². The lowest BCUT2D eigenvalue weighted by molar-refractivity contribution is 0.0343. The molecule has 0 aromatic heterocycles. The standard InChI is InChI=1S/C17H20N2O/c18-12-15-11-14(7-6-13-4-5-13)8-9-16(15)19-17-3-1-2-10-20-17/h8-9,11-13,17-19H,1-5,10H2. The minimum Gasteiger partial charge on any atom is -0.360 e. The van der Waals surface area contributed by atoms with Gasteiger partial charge in [0.05, 0.1) is 0 Å². The van der Waals surface area contributed by atoms with Crippen LogP contribution in [-0.4, -0.2) is 19.0 Å². The van der Waals surface area contributed by atoms with Crippen LogP contribution in [0.4, 0.5) is 5.69 Å². The van der Waals surface area contributed by atoms with E-state index in [-0.39, 0.29) is 6.23 Å². The van der Waals surface area contributed by atoms with Crippen molar-refractivity contribution in [3.8, 4) is 11.8 Å². The molecule has 0 radical (unpaired) electrons. The van der Waals surface area contributed by atoms with Gasteiger partial charge >= 0.3 is 0 Å². The highest BCUT2D eigenvalue weighted by atomic mass is 16.5. The van der Waals surface area contributed by atoms with E-state index < -0.39 is 0 Å².